The summed E-state index contributed by atoms with van der Waals surface area (Å²) in [5.74, 6) is -0.821. The fourth-order valence-electron chi connectivity index (χ4n) is 3.41. The molecular weight excluding hydrogens is 444 g/mol. The van der Waals surface area contributed by atoms with Crippen molar-refractivity contribution >= 4 is 27.6 Å². The Morgan fingerprint density at radius 2 is 1.67 bits per heavy atom. The number of sulfonamides is 1. The normalized spacial score (nSPS) is 11.3. The van der Waals surface area contributed by atoms with Gasteiger partial charge in [0, 0.05) is 5.69 Å². The number of aryl methyl sites for hydroxylation is 4. The van der Waals surface area contributed by atoms with Crippen LogP contribution in [-0.4, -0.2) is 26.9 Å². The third kappa shape index (κ3) is 6.09. The van der Waals surface area contributed by atoms with E-state index in [9.17, 15) is 18.0 Å². The van der Waals surface area contributed by atoms with Crippen LogP contribution in [-0.2, 0) is 26.1 Å². The standard InChI is InChI=1S/C24H26N2O6S/c1-15-10-17(3)23(18(4)11-15)26-22(27)14-32-24(28)21-12-20(8-7-16(21)2)33(29,30)25-13-19-6-5-9-31-19/h5-12,25H,13-14H2,1-4H3,(H,26,27). The van der Waals surface area contributed by atoms with Crippen molar-refractivity contribution in [2.75, 3.05) is 11.9 Å². The van der Waals surface area contributed by atoms with E-state index in [4.69, 9.17) is 9.15 Å². The van der Waals surface area contributed by atoms with Crippen molar-refractivity contribution in [3.05, 3.63) is 82.3 Å². The fraction of sp³-hybridized carbons (Fsp3) is 0.250. The number of esters is 1. The number of carbonyl (C=O) groups excluding carboxylic acids is 2. The zero-order valence-corrected chi connectivity index (χ0v) is 19.7. The molecule has 0 saturated carbocycles. The van der Waals surface area contributed by atoms with Crippen LogP contribution in [0.1, 0.15) is 38.4 Å². The molecule has 1 amide bonds. The van der Waals surface area contributed by atoms with Crippen molar-refractivity contribution in [1.82, 2.24) is 4.72 Å². The lowest BCUT2D eigenvalue weighted by Crippen LogP contribution is -2.24. The monoisotopic (exact) mass is 470 g/mol. The fourth-order valence-corrected chi connectivity index (χ4v) is 4.43. The van der Waals surface area contributed by atoms with Crippen LogP contribution in [0.5, 0.6) is 0 Å². The molecule has 0 aliphatic rings. The lowest BCUT2D eigenvalue weighted by atomic mass is 10.1. The highest BCUT2D eigenvalue weighted by atomic mass is 32.2. The number of amides is 1. The number of anilines is 1. The average Bonchev–Trinajstić information content (AvgIpc) is 3.27. The van der Waals surface area contributed by atoms with Gasteiger partial charge in [-0.2, -0.15) is 0 Å². The molecule has 0 bridgehead atoms. The maximum absolute atomic E-state index is 12.6. The Balaban J connectivity index is 1.67. The molecule has 0 spiro atoms. The Hall–Kier alpha value is -3.43. The van der Waals surface area contributed by atoms with Crippen LogP contribution in [0.2, 0.25) is 0 Å². The molecule has 3 rings (SSSR count). The van der Waals surface area contributed by atoms with Crippen LogP contribution >= 0.6 is 0 Å². The Bertz CT molecular complexity index is 1260. The summed E-state index contributed by atoms with van der Waals surface area (Å²) in [6.07, 6.45) is 1.45. The number of hydrogen-bond acceptors (Lipinski definition) is 6. The van der Waals surface area contributed by atoms with E-state index in [0.717, 1.165) is 16.7 Å². The summed E-state index contributed by atoms with van der Waals surface area (Å²) < 4.78 is 37.9. The van der Waals surface area contributed by atoms with Crippen molar-refractivity contribution in [2.45, 2.75) is 39.1 Å². The SMILES string of the molecule is Cc1cc(C)c(NC(=O)COC(=O)c2cc(S(=O)(=O)NCc3ccco3)ccc2C)c(C)c1. The molecule has 2 N–H and O–H groups in total. The number of rotatable bonds is 8. The first kappa shape index (κ1) is 24.2. The minimum Gasteiger partial charge on any atom is -0.468 e. The van der Waals surface area contributed by atoms with Gasteiger partial charge in [0.1, 0.15) is 5.76 Å². The molecule has 0 aliphatic heterocycles. The maximum Gasteiger partial charge on any atom is 0.338 e. The summed E-state index contributed by atoms with van der Waals surface area (Å²) in [5, 5.41) is 2.76. The summed E-state index contributed by atoms with van der Waals surface area (Å²) >= 11 is 0. The zero-order chi connectivity index (χ0) is 24.2. The Labute approximate surface area is 193 Å². The van der Waals surface area contributed by atoms with Gasteiger partial charge in [-0.15, -0.1) is 0 Å². The molecule has 33 heavy (non-hydrogen) atoms. The van der Waals surface area contributed by atoms with Gasteiger partial charge in [0.05, 0.1) is 23.3 Å². The lowest BCUT2D eigenvalue weighted by molar-refractivity contribution is -0.119. The van der Waals surface area contributed by atoms with E-state index in [1.165, 1.54) is 24.5 Å². The second-order valence-electron chi connectivity index (χ2n) is 7.78. The quantitative estimate of drug-likeness (QED) is 0.484. The lowest BCUT2D eigenvalue weighted by Gasteiger charge is -2.13. The van der Waals surface area contributed by atoms with E-state index < -0.39 is 28.5 Å². The summed E-state index contributed by atoms with van der Waals surface area (Å²) in [5.41, 5.74) is 4.15. The van der Waals surface area contributed by atoms with E-state index in [2.05, 4.69) is 10.0 Å². The molecule has 1 aromatic heterocycles. The molecule has 174 valence electrons. The highest BCUT2D eigenvalue weighted by Gasteiger charge is 2.20. The largest absolute Gasteiger partial charge is 0.468 e. The molecule has 9 heteroatoms. The van der Waals surface area contributed by atoms with Crippen LogP contribution in [0.15, 0.2) is 58.0 Å². The number of nitrogens with one attached hydrogen (secondary N) is 2. The number of benzene rings is 2. The van der Waals surface area contributed by atoms with Crippen molar-refractivity contribution < 1.29 is 27.2 Å². The van der Waals surface area contributed by atoms with Crippen molar-refractivity contribution in [3.63, 3.8) is 0 Å². The predicted octanol–water partition coefficient (Wildman–Crippen LogP) is 3.79. The molecule has 3 aromatic rings. The topological polar surface area (TPSA) is 115 Å². The Morgan fingerprint density at radius 3 is 2.30 bits per heavy atom. The summed E-state index contributed by atoms with van der Waals surface area (Å²) in [7, 11) is -3.89. The van der Waals surface area contributed by atoms with Crippen molar-refractivity contribution in [1.29, 1.82) is 0 Å². The van der Waals surface area contributed by atoms with Gasteiger partial charge in [-0.1, -0.05) is 23.8 Å². The average molecular weight is 471 g/mol. The molecule has 0 unspecified atom stereocenters. The number of furan rings is 1. The number of carbonyl (C=O) groups is 2. The van der Waals surface area contributed by atoms with Crippen molar-refractivity contribution in [3.8, 4) is 0 Å². The second-order valence-corrected chi connectivity index (χ2v) is 9.55. The predicted molar refractivity (Wildman–Crippen MR) is 123 cm³/mol. The molecule has 0 saturated heterocycles. The van der Waals surface area contributed by atoms with E-state index in [0.29, 0.717) is 17.0 Å². The molecule has 0 fully saturated rings. The third-order valence-corrected chi connectivity index (χ3v) is 6.43. The van der Waals surface area contributed by atoms with Crippen LogP contribution < -0.4 is 10.0 Å². The van der Waals surface area contributed by atoms with Crippen LogP contribution in [0.4, 0.5) is 5.69 Å². The minimum atomic E-state index is -3.89. The highest BCUT2D eigenvalue weighted by molar-refractivity contribution is 7.89. The number of hydrogen-bond donors (Lipinski definition) is 2. The van der Waals surface area contributed by atoms with E-state index >= 15 is 0 Å². The molecule has 8 nitrogen and oxygen atoms in total. The first-order valence-electron chi connectivity index (χ1n) is 10.2. The first-order chi connectivity index (χ1) is 15.6. The van der Waals surface area contributed by atoms with Crippen LogP contribution in [0, 0.1) is 27.7 Å². The van der Waals surface area contributed by atoms with E-state index in [-0.39, 0.29) is 17.0 Å². The zero-order valence-electron chi connectivity index (χ0n) is 18.9. The maximum atomic E-state index is 12.6. The summed E-state index contributed by atoms with van der Waals surface area (Å²) in [6.45, 7) is 6.87. The van der Waals surface area contributed by atoms with Crippen LogP contribution in [0.3, 0.4) is 0 Å². The molecule has 2 aromatic carbocycles. The van der Waals surface area contributed by atoms with Gasteiger partial charge < -0.3 is 14.5 Å². The van der Waals surface area contributed by atoms with Gasteiger partial charge in [-0.05, 0) is 68.7 Å². The van der Waals surface area contributed by atoms with Gasteiger partial charge in [-0.25, -0.2) is 17.9 Å². The second kappa shape index (κ2) is 10.0. The molecular formula is C24H26N2O6S. The van der Waals surface area contributed by atoms with E-state index in [1.807, 2.05) is 32.9 Å². The summed E-state index contributed by atoms with van der Waals surface area (Å²) in [6, 6.07) is 11.3. The van der Waals surface area contributed by atoms with Gasteiger partial charge in [-0.3, -0.25) is 4.79 Å². The van der Waals surface area contributed by atoms with E-state index in [1.54, 1.807) is 19.1 Å². The Kier molecular flexibility index (Phi) is 7.35. The first-order valence-corrected chi connectivity index (χ1v) is 11.7. The van der Waals surface area contributed by atoms with Gasteiger partial charge >= 0.3 is 5.97 Å². The summed E-state index contributed by atoms with van der Waals surface area (Å²) in [4.78, 5) is 24.8. The smallest absolute Gasteiger partial charge is 0.338 e. The van der Waals surface area contributed by atoms with Crippen LogP contribution in [0.25, 0.3) is 0 Å². The third-order valence-electron chi connectivity index (χ3n) is 5.03. The van der Waals surface area contributed by atoms with Crippen molar-refractivity contribution in [2.24, 2.45) is 0 Å². The highest BCUT2D eigenvalue weighted by Crippen LogP contribution is 2.22. The van der Waals surface area contributed by atoms with Gasteiger partial charge in [0.15, 0.2) is 6.61 Å². The Morgan fingerprint density at radius 1 is 0.970 bits per heavy atom. The molecule has 0 atom stereocenters. The minimum absolute atomic E-state index is 0.0268. The molecule has 0 radical (unpaired) electrons. The molecule has 1 heterocycles. The van der Waals surface area contributed by atoms with Gasteiger partial charge in [0.2, 0.25) is 10.0 Å². The molecule has 0 aliphatic carbocycles. The number of ether oxygens (including phenoxy) is 1. The van der Waals surface area contributed by atoms with Gasteiger partial charge in [0.25, 0.3) is 5.91 Å².